The molecule has 23 heavy (non-hydrogen) atoms. The molecule has 0 bridgehead atoms. The van der Waals surface area contributed by atoms with Gasteiger partial charge in [-0.25, -0.2) is 0 Å². The van der Waals surface area contributed by atoms with Gasteiger partial charge >= 0.3 is 0 Å². The fourth-order valence-corrected chi connectivity index (χ4v) is 4.89. The van der Waals surface area contributed by atoms with Crippen LogP contribution in [-0.4, -0.2) is 21.0 Å². The van der Waals surface area contributed by atoms with E-state index in [0.29, 0.717) is 12.2 Å². The van der Waals surface area contributed by atoms with Crippen LogP contribution < -0.4 is 0 Å². The Balaban J connectivity index is 1.99. The number of ketones is 1. The molecule has 2 aromatic carbocycles. The number of benzene rings is 2. The zero-order chi connectivity index (χ0) is 16.3. The number of hydrogen-bond acceptors (Lipinski definition) is 1. The smallest absolute Gasteiger partial charge is 0.236 e. The molecule has 2 rings (SSSR count). The molecule has 0 aliphatic heterocycles. The van der Waals surface area contributed by atoms with Crippen LogP contribution in [0, 0.1) is 0 Å². The maximum atomic E-state index is 12.8. The van der Waals surface area contributed by atoms with Crippen LogP contribution in [0.5, 0.6) is 0 Å². The first-order valence-corrected chi connectivity index (χ1v) is 11.0. The van der Waals surface area contributed by atoms with Gasteiger partial charge in [-0.15, -0.1) is 0 Å². The largest absolute Gasteiger partial charge is 0.299 e. The second kappa shape index (κ2) is 10.4. The Labute approximate surface area is 146 Å². The van der Waals surface area contributed by atoms with Gasteiger partial charge in [0, 0.05) is 6.42 Å². The predicted molar refractivity (Wildman–Crippen MR) is 101 cm³/mol. The number of carbonyl (C=O) groups excluding carboxylic acids is 1. The maximum absolute atomic E-state index is 12.8. The van der Waals surface area contributed by atoms with Crippen molar-refractivity contribution in [1.82, 2.24) is 0 Å². The average molecular weight is 322 g/mol. The summed E-state index contributed by atoms with van der Waals surface area (Å²) in [5.74, 6) is 0.265. The van der Waals surface area contributed by atoms with Crippen molar-refractivity contribution in [3.63, 3.8) is 0 Å². The zero-order valence-corrected chi connectivity index (χ0v) is 15.6. The minimum absolute atomic E-state index is 0.0550. The van der Waals surface area contributed by atoms with Gasteiger partial charge in [0.2, 0.25) is 15.2 Å². The Morgan fingerprint density at radius 2 is 1.39 bits per heavy atom. The molecule has 1 nitrogen and oxygen atoms in total. The lowest BCUT2D eigenvalue weighted by Crippen LogP contribution is -2.14. The van der Waals surface area contributed by atoms with E-state index in [1.54, 1.807) is 0 Å². The molecule has 0 spiro atoms. The summed E-state index contributed by atoms with van der Waals surface area (Å²) < 4.78 is 0. The summed E-state index contributed by atoms with van der Waals surface area (Å²) in [6.07, 6.45) is 4.46. The first kappa shape index (κ1) is 18.0. The summed E-state index contributed by atoms with van der Waals surface area (Å²) in [5.41, 5.74) is 2.24. The third-order valence-electron chi connectivity index (χ3n) is 4.36. The molecule has 2 heteroatoms. The molecular weight excluding hydrogens is 295 g/mol. The van der Waals surface area contributed by atoms with E-state index in [4.69, 9.17) is 0 Å². The SMILES string of the molecule is CCC[CH2][AlH][CH2]CCC(=O)C(c1ccccc1)c1ccccc1. The molecule has 0 fully saturated rings. The monoisotopic (exact) mass is 322 g/mol. The molecule has 0 unspecified atom stereocenters. The van der Waals surface area contributed by atoms with Crippen LogP contribution in [0.4, 0.5) is 0 Å². The standard InChI is InChI=1S/C17H17O.C4H9.Al.H/c1-2-9-16(18)17(14-10-5-3-6-11-14)15-12-7-4-8-13-15;1-3-4-2;;/h3-8,10-13,17H,1-2,9H2;1,3-4H2,2H3;;. The number of carbonyl (C=O) groups is 1. The first-order valence-electron chi connectivity index (χ1n) is 8.95. The Morgan fingerprint density at radius 3 is 1.91 bits per heavy atom. The van der Waals surface area contributed by atoms with Gasteiger partial charge in [-0.1, -0.05) is 97.4 Å². The quantitative estimate of drug-likeness (QED) is 0.432. The van der Waals surface area contributed by atoms with E-state index in [1.807, 2.05) is 36.4 Å². The molecule has 0 aliphatic carbocycles. The summed E-state index contributed by atoms with van der Waals surface area (Å²) >= 11 is 0.0550. The van der Waals surface area contributed by atoms with E-state index in [2.05, 4.69) is 31.2 Å². The minimum Gasteiger partial charge on any atom is -0.299 e. The number of unbranched alkanes of at least 4 members (excludes halogenated alkanes) is 1. The Kier molecular flexibility index (Phi) is 8.15. The number of rotatable bonds is 10. The van der Waals surface area contributed by atoms with Crippen molar-refractivity contribution >= 4 is 21.0 Å². The molecule has 0 radical (unpaired) electrons. The lowest BCUT2D eigenvalue weighted by atomic mass is 9.86. The molecule has 120 valence electrons. The Morgan fingerprint density at radius 1 is 0.870 bits per heavy atom. The lowest BCUT2D eigenvalue weighted by Gasteiger charge is -2.17. The van der Waals surface area contributed by atoms with Crippen LogP contribution in [0.15, 0.2) is 60.7 Å². The lowest BCUT2D eigenvalue weighted by molar-refractivity contribution is -0.119. The molecule has 0 atom stereocenters. The van der Waals surface area contributed by atoms with E-state index in [1.165, 1.54) is 23.4 Å². The van der Waals surface area contributed by atoms with Crippen molar-refractivity contribution in [2.45, 2.75) is 49.1 Å². The first-order chi connectivity index (χ1) is 11.3. The van der Waals surface area contributed by atoms with Crippen molar-refractivity contribution < 1.29 is 4.79 Å². The van der Waals surface area contributed by atoms with Gasteiger partial charge in [-0.3, -0.25) is 4.79 Å². The van der Waals surface area contributed by atoms with Gasteiger partial charge in [0.15, 0.2) is 0 Å². The highest BCUT2D eigenvalue weighted by Gasteiger charge is 2.21. The van der Waals surface area contributed by atoms with Crippen LogP contribution >= 0.6 is 0 Å². The van der Waals surface area contributed by atoms with Gasteiger partial charge in [-0.2, -0.15) is 0 Å². The Bertz CT molecular complexity index is 525. The van der Waals surface area contributed by atoms with Gasteiger partial charge in [-0.05, 0) is 11.1 Å². The van der Waals surface area contributed by atoms with E-state index >= 15 is 0 Å². The predicted octanol–water partition coefficient (Wildman–Crippen LogP) is 5.24. The van der Waals surface area contributed by atoms with Crippen molar-refractivity contribution in [2.75, 3.05) is 0 Å². The molecule has 0 N–H and O–H groups in total. The van der Waals surface area contributed by atoms with E-state index < -0.39 is 0 Å². The summed E-state index contributed by atoms with van der Waals surface area (Å²) in [5, 5.41) is 2.74. The van der Waals surface area contributed by atoms with Gasteiger partial charge in [0.1, 0.15) is 5.78 Å². The fourth-order valence-electron chi connectivity index (χ4n) is 3.08. The summed E-state index contributed by atoms with van der Waals surface area (Å²) in [6.45, 7) is 2.25. The molecule has 0 aromatic heterocycles. The average Bonchev–Trinajstić information content (AvgIpc) is 2.60. The highest BCUT2D eigenvalue weighted by molar-refractivity contribution is 6.35. The van der Waals surface area contributed by atoms with Gasteiger partial charge < -0.3 is 0 Å². The van der Waals surface area contributed by atoms with Crippen LogP contribution in [0.3, 0.4) is 0 Å². The summed E-state index contributed by atoms with van der Waals surface area (Å²) in [4.78, 5) is 12.8. The van der Waals surface area contributed by atoms with Crippen LogP contribution in [0.25, 0.3) is 0 Å². The molecule has 0 amide bonds. The van der Waals surface area contributed by atoms with E-state index in [0.717, 1.165) is 17.5 Å². The normalized spacial score (nSPS) is 10.7. The number of Topliss-reactive ketones (excluding diaryl/α,β-unsaturated/α-hetero) is 1. The highest BCUT2D eigenvalue weighted by atomic mass is 27.1. The summed E-state index contributed by atoms with van der Waals surface area (Å²) in [7, 11) is 0. The zero-order valence-electron chi connectivity index (χ0n) is 14.2. The van der Waals surface area contributed by atoms with Crippen molar-refractivity contribution in [3.05, 3.63) is 71.8 Å². The molecular formula is C21H27AlO. The molecule has 0 saturated heterocycles. The second-order valence-electron chi connectivity index (χ2n) is 6.24. The van der Waals surface area contributed by atoms with E-state index in [-0.39, 0.29) is 21.1 Å². The minimum atomic E-state index is -0.102. The third-order valence-corrected chi connectivity index (χ3v) is 6.36. The van der Waals surface area contributed by atoms with Crippen LogP contribution in [0.2, 0.25) is 10.6 Å². The second-order valence-corrected chi connectivity index (χ2v) is 8.36. The topological polar surface area (TPSA) is 17.1 Å². The Hall–Kier alpha value is -1.36. The van der Waals surface area contributed by atoms with E-state index in [9.17, 15) is 4.79 Å². The third kappa shape index (κ3) is 5.98. The van der Waals surface area contributed by atoms with Crippen LogP contribution in [0.1, 0.15) is 49.7 Å². The highest BCUT2D eigenvalue weighted by Crippen LogP contribution is 2.27. The fraction of sp³-hybridized carbons (Fsp3) is 0.381. The summed E-state index contributed by atoms with van der Waals surface area (Å²) in [6, 6.07) is 20.4. The van der Waals surface area contributed by atoms with Gasteiger partial charge in [0.05, 0.1) is 5.92 Å². The molecule has 2 aromatic rings. The maximum Gasteiger partial charge on any atom is 0.236 e. The van der Waals surface area contributed by atoms with Gasteiger partial charge in [0.25, 0.3) is 0 Å². The van der Waals surface area contributed by atoms with Crippen molar-refractivity contribution in [1.29, 1.82) is 0 Å². The van der Waals surface area contributed by atoms with Crippen molar-refractivity contribution in [3.8, 4) is 0 Å². The molecule has 0 saturated carbocycles. The van der Waals surface area contributed by atoms with Crippen molar-refractivity contribution in [2.24, 2.45) is 0 Å². The van der Waals surface area contributed by atoms with Crippen LogP contribution in [-0.2, 0) is 4.79 Å². The molecule has 0 heterocycles. The molecule has 0 aliphatic rings. The number of hydrogen-bond donors (Lipinski definition) is 0.